The molecular weight excluding hydrogens is 166 g/mol. The Kier molecular flexibility index (Phi) is 1.49. The van der Waals surface area contributed by atoms with Gasteiger partial charge in [0.1, 0.15) is 5.41 Å². The lowest BCUT2D eigenvalue weighted by atomic mass is 9.75. The Hall–Kier alpha value is -1.64. The summed E-state index contributed by atoms with van der Waals surface area (Å²) in [4.78, 5) is 22.8. The number of imide groups is 1. The number of allylic oxidation sites excluding steroid dienone is 2. The highest BCUT2D eigenvalue weighted by Crippen LogP contribution is 2.39. The molecule has 2 atom stereocenters. The molecule has 0 aromatic carbocycles. The third kappa shape index (κ3) is 0.840. The van der Waals surface area contributed by atoms with Gasteiger partial charge in [0.05, 0.1) is 5.92 Å². The van der Waals surface area contributed by atoms with Crippen LogP contribution < -0.4 is 5.32 Å². The van der Waals surface area contributed by atoms with Crippen molar-refractivity contribution in [2.45, 2.75) is 0 Å². The predicted octanol–water partition coefficient (Wildman–Crippen LogP) is 0.557. The fraction of sp³-hybridized carbons (Fsp3) is 0.200. The summed E-state index contributed by atoms with van der Waals surface area (Å²) >= 11 is 0. The van der Waals surface area contributed by atoms with Gasteiger partial charge >= 0.3 is 0 Å². The zero-order valence-corrected chi connectivity index (χ0v) is 6.99. The van der Waals surface area contributed by atoms with Gasteiger partial charge in [-0.15, -0.1) is 6.58 Å². The lowest BCUT2D eigenvalue weighted by Crippen LogP contribution is -2.31. The van der Waals surface area contributed by atoms with E-state index in [1.807, 2.05) is 0 Å². The second kappa shape index (κ2) is 2.42. The first-order valence-corrected chi connectivity index (χ1v) is 4.05. The van der Waals surface area contributed by atoms with E-state index in [2.05, 4.69) is 11.9 Å². The number of fused-ring (bicyclic) bond motifs is 1. The van der Waals surface area contributed by atoms with Gasteiger partial charge in [-0.1, -0.05) is 30.4 Å². The molecule has 2 rings (SSSR count). The van der Waals surface area contributed by atoms with Crippen molar-refractivity contribution < 1.29 is 9.59 Å². The standard InChI is InChI=1S/C10H9NO2/c1-2-10-6-4-3-5-7(10)8(12)11-9(10)13/h2-7H,1H2,(H,11,12,13). The van der Waals surface area contributed by atoms with Crippen LogP contribution in [0.4, 0.5) is 0 Å². The number of carbonyl (C=O) groups is 2. The molecule has 0 bridgehead atoms. The maximum atomic E-state index is 11.5. The number of carbonyl (C=O) groups excluding carboxylic acids is 2. The highest BCUT2D eigenvalue weighted by Gasteiger charge is 2.50. The monoisotopic (exact) mass is 175 g/mol. The third-order valence-corrected chi connectivity index (χ3v) is 2.55. The first-order chi connectivity index (χ1) is 6.20. The van der Waals surface area contributed by atoms with Crippen molar-refractivity contribution in [3.63, 3.8) is 0 Å². The van der Waals surface area contributed by atoms with Crippen molar-refractivity contribution in [1.29, 1.82) is 0 Å². The normalized spacial score (nSPS) is 35.8. The molecular formula is C10H9NO2. The van der Waals surface area contributed by atoms with E-state index >= 15 is 0 Å². The lowest BCUT2D eigenvalue weighted by molar-refractivity contribution is -0.126. The topological polar surface area (TPSA) is 46.2 Å². The van der Waals surface area contributed by atoms with E-state index in [1.165, 1.54) is 6.08 Å². The Bertz CT molecular complexity index is 354. The van der Waals surface area contributed by atoms with E-state index in [9.17, 15) is 9.59 Å². The number of hydrogen-bond donors (Lipinski definition) is 1. The molecule has 1 N–H and O–H groups in total. The Morgan fingerprint density at radius 1 is 1.46 bits per heavy atom. The van der Waals surface area contributed by atoms with Crippen molar-refractivity contribution in [2.24, 2.45) is 11.3 Å². The van der Waals surface area contributed by atoms with Crippen LogP contribution >= 0.6 is 0 Å². The van der Waals surface area contributed by atoms with E-state index in [-0.39, 0.29) is 11.8 Å². The van der Waals surface area contributed by atoms with Crippen LogP contribution in [0.3, 0.4) is 0 Å². The van der Waals surface area contributed by atoms with Crippen molar-refractivity contribution in [3.8, 4) is 0 Å². The van der Waals surface area contributed by atoms with Gasteiger partial charge in [-0.25, -0.2) is 0 Å². The van der Waals surface area contributed by atoms with Crippen LogP contribution in [0.5, 0.6) is 0 Å². The van der Waals surface area contributed by atoms with Crippen LogP contribution in [-0.2, 0) is 9.59 Å². The molecule has 0 radical (unpaired) electrons. The fourth-order valence-corrected chi connectivity index (χ4v) is 1.76. The summed E-state index contributed by atoms with van der Waals surface area (Å²) in [6, 6.07) is 0. The van der Waals surface area contributed by atoms with Crippen LogP contribution in [0.1, 0.15) is 0 Å². The summed E-state index contributed by atoms with van der Waals surface area (Å²) in [5.74, 6) is -0.939. The van der Waals surface area contributed by atoms with Gasteiger partial charge in [0.15, 0.2) is 0 Å². The quantitative estimate of drug-likeness (QED) is 0.467. The van der Waals surface area contributed by atoms with E-state index in [0.29, 0.717) is 0 Å². The molecule has 66 valence electrons. The molecule has 2 unspecified atom stereocenters. The molecule has 0 aromatic rings. The van der Waals surface area contributed by atoms with Gasteiger partial charge in [0.25, 0.3) is 0 Å². The van der Waals surface area contributed by atoms with Gasteiger partial charge in [-0.2, -0.15) is 0 Å². The van der Waals surface area contributed by atoms with Crippen LogP contribution in [0.25, 0.3) is 0 Å². The molecule has 13 heavy (non-hydrogen) atoms. The first-order valence-electron chi connectivity index (χ1n) is 4.05. The Morgan fingerprint density at radius 3 is 2.85 bits per heavy atom. The number of hydrogen-bond acceptors (Lipinski definition) is 2. The Balaban J connectivity index is 2.55. The summed E-state index contributed by atoms with van der Waals surface area (Å²) in [6.45, 7) is 3.60. The van der Waals surface area contributed by atoms with Gasteiger partial charge in [-0.05, 0) is 0 Å². The molecule has 1 aliphatic heterocycles. The molecule has 1 saturated heterocycles. The van der Waals surface area contributed by atoms with Gasteiger partial charge < -0.3 is 0 Å². The number of rotatable bonds is 1. The summed E-state index contributed by atoms with van der Waals surface area (Å²) in [5.41, 5.74) is -0.841. The highest BCUT2D eigenvalue weighted by atomic mass is 16.2. The Labute approximate surface area is 75.8 Å². The van der Waals surface area contributed by atoms with Crippen LogP contribution in [-0.4, -0.2) is 11.8 Å². The average molecular weight is 175 g/mol. The number of amides is 2. The molecule has 0 spiro atoms. The molecule has 1 heterocycles. The van der Waals surface area contributed by atoms with E-state index in [4.69, 9.17) is 0 Å². The maximum absolute atomic E-state index is 11.5. The molecule has 1 fully saturated rings. The SMILES string of the molecule is C=CC12C=CC=CC1C(=O)NC2=O. The van der Waals surface area contributed by atoms with Crippen molar-refractivity contribution in [1.82, 2.24) is 5.32 Å². The van der Waals surface area contributed by atoms with Crippen molar-refractivity contribution >= 4 is 11.8 Å². The molecule has 3 nitrogen and oxygen atoms in total. The zero-order chi connectivity index (χ0) is 9.47. The van der Waals surface area contributed by atoms with Crippen molar-refractivity contribution in [2.75, 3.05) is 0 Å². The zero-order valence-electron chi connectivity index (χ0n) is 6.99. The van der Waals surface area contributed by atoms with E-state index < -0.39 is 11.3 Å². The smallest absolute Gasteiger partial charge is 0.241 e. The lowest BCUT2D eigenvalue weighted by Gasteiger charge is -2.23. The molecule has 0 aromatic heterocycles. The average Bonchev–Trinajstić information content (AvgIpc) is 2.41. The van der Waals surface area contributed by atoms with Crippen molar-refractivity contribution in [3.05, 3.63) is 37.0 Å². The largest absolute Gasteiger partial charge is 0.295 e. The predicted molar refractivity (Wildman–Crippen MR) is 47.5 cm³/mol. The molecule has 2 aliphatic rings. The van der Waals surface area contributed by atoms with Crippen LogP contribution in [0, 0.1) is 11.3 Å². The molecule has 1 aliphatic carbocycles. The summed E-state index contributed by atoms with van der Waals surface area (Å²) < 4.78 is 0. The minimum Gasteiger partial charge on any atom is -0.295 e. The summed E-state index contributed by atoms with van der Waals surface area (Å²) in [7, 11) is 0. The minimum atomic E-state index is -0.841. The summed E-state index contributed by atoms with van der Waals surface area (Å²) in [5, 5.41) is 2.30. The molecule has 0 saturated carbocycles. The Morgan fingerprint density at radius 2 is 2.23 bits per heavy atom. The van der Waals surface area contributed by atoms with E-state index in [1.54, 1.807) is 24.3 Å². The maximum Gasteiger partial charge on any atom is 0.241 e. The highest BCUT2D eigenvalue weighted by molar-refractivity contribution is 6.10. The second-order valence-corrected chi connectivity index (χ2v) is 3.18. The fourth-order valence-electron chi connectivity index (χ4n) is 1.76. The molecule has 3 heteroatoms. The van der Waals surface area contributed by atoms with Gasteiger partial charge in [0.2, 0.25) is 11.8 Å². The number of nitrogens with one attached hydrogen (secondary N) is 1. The first kappa shape index (κ1) is 7.98. The van der Waals surface area contributed by atoms with Gasteiger partial charge in [0, 0.05) is 0 Å². The third-order valence-electron chi connectivity index (χ3n) is 2.55. The second-order valence-electron chi connectivity index (χ2n) is 3.18. The minimum absolute atomic E-state index is 0.245. The van der Waals surface area contributed by atoms with Crippen LogP contribution in [0.15, 0.2) is 37.0 Å². The van der Waals surface area contributed by atoms with Gasteiger partial charge in [-0.3, -0.25) is 14.9 Å². The van der Waals surface area contributed by atoms with Crippen LogP contribution in [0.2, 0.25) is 0 Å². The molecule has 2 amide bonds. The summed E-state index contributed by atoms with van der Waals surface area (Å²) in [6.07, 6.45) is 8.49. The van der Waals surface area contributed by atoms with E-state index in [0.717, 1.165) is 0 Å².